The summed E-state index contributed by atoms with van der Waals surface area (Å²) in [5, 5.41) is 16.3. The summed E-state index contributed by atoms with van der Waals surface area (Å²) in [5.74, 6) is 5.83. The van der Waals surface area contributed by atoms with E-state index in [4.69, 9.17) is 9.25 Å². The second kappa shape index (κ2) is 6.88. The largest absolute Gasteiger partial charge is 0.443 e. The third-order valence-corrected chi connectivity index (χ3v) is 3.23. The highest BCUT2D eigenvalue weighted by atomic mass is 16.6. The summed E-state index contributed by atoms with van der Waals surface area (Å²) in [5.41, 5.74) is -0.102. The van der Waals surface area contributed by atoms with E-state index in [2.05, 4.69) is 36.2 Å². The average Bonchev–Trinajstić information content (AvgIpc) is 3.11. The van der Waals surface area contributed by atoms with E-state index in [0.717, 1.165) is 12.1 Å². The number of carbonyl (C=O) groups is 1. The third-order valence-electron chi connectivity index (χ3n) is 3.23. The number of aliphatic hydroxyl groups is 1. The second-order valence-electron chi connectivity index (χ2n) is 6.35. The Labute approximate surface area is 135 Å². The number of furan rings is 1. The molecule has 2 heterocycles. The highest BCUT2D eigenvalue weighted by Gasteiger charge is 2.24. The van der Waals surface area contributed by atoms with Crippen molar-refractivity contribution in [3.05, 3.63) is 23.7 Å². The number of nitrogens with one attached hydrogen (secondary N) is 1. The predicted octanol–water partition coefficient (Wildman–Crippen LogP) is 1.93. The molecule has 0 spiro atoms. The first kappa shape index (κ1) is 17.1. The van der Waals surface area contributed by atoms with Gasteiger partial charge in [-0.05, 0) is 37.8 Å². The molecule has 1 aliphatic heterocycles. The van der Waals surface area contributed by atoms with Gasteiger partial charge in [-0.2, -0.15) is 0 Å². The van der Waals surface area contributed by atoms with Crippen LogP contribution in [0.2, 0.25) is 0 Å². The van der Waals surface area contributed by atoms with Gasteiger partial charge < -0.3 is 19.7 Å². The number of nitrogens with zero attached hydrogens (tertiary/aromatic N) is 1. The molecule has 23 heavy (non-hydrogen) atoms. The second-order valence-corrected chi connectivity index (χ2v) is 6.35. The Bertz CT molecular complexity index is 656. The fraction of sp³-hybridized carbons (Fsp3) is 0.529. The topological polar surface area (TPSA) is 84.1 Å². The van der Waals surface area contributed by atoms with Crippen LogP contribution in [0.5, 0.6) is 0 Å². The number of amides is 1. The summed E-state index contributed by atoms with van der Waals surface area (Å²) in [6, 6.07) is 3.15. The molecule has 1 aromatic heterocycles. The van der Waals surface area contributed by atoms with Crippen LogP contribution in [0.4, 0.5) is 0 Å². The summed E-state index contributed by atoms with van der Waals surface area (Å²) < 4.78 is 5.35. The molecule has 1 aromatic rings. The molecule has 0 aliphatic carbocycles. The van der Waals surface area contributed by atoms with Gasteiger partial charge in [0.15, 0.2) is 11.5 Å². The average molecular weight is 318 g/mol. The molecule has 0 unspecified atom stereocenters. The molecule has 0 fully saturated rings. The normalized spacial score (nSPS) is 17.3. The number of hydrogen-bond acceptors (Lipinski definition) is 5. The van der Waals surface area contributed by atoms with Crippen LogP contribution in [0, 0.1) is 17.8 Å². The summed E-state index contributed by atoms with van der Waals surface area (Å²) in [6.07, 6.45) is 0.582. The van der Waals surface area contributed by atoms with Crippen molar-refractivity contribution in [2.45, 2.75) is 45.8 Å². The minimum atomic E-state index is -1.11. The summed E-state index contributed by atoms with van der Waals surface area (Å²) in [7, 11) is 0. The van der Waals surface area contributed by atoms with Gasteiger partial charge in [-0.25, -0.2) is 0 Å². The van der Waals surface area contributed by atoms with Crippen LogP contribution < -0.4 is 5.32 Å². The third kappa shape index (κ3) is 5.15. The van der Waals surface area contributed by atoms with E-state index < -0.39 is 5.60 Å². The Morgan fingerprint density at radius 2 is 2.26 bits per heavy atom. The van der Waals surface area contributed by atoms with E-state index in [1.165, 1.54) is 0 Å². The first-order valence-electron chi connectivity index (χ1n) is 7.61. The molecule has 6 heteroatoms. The van der Waals surface area contributed by atoms with Crippen molar-refractivity contribution < 1.29 is 19.2 Å². The molecule has 6 nitrogen and oxygen atoms in total. The lowest BCUT2D eigenvalue weighted by Gasteiger charge is -2.09. The molecular weight excluding hydrogens is 296 g/mol. The van der Waals surface area contributed by atoms with Crippen molar-refractivity contribution in [1.82, 2.24) is 5.32 Å². The van der Waals surface area contributed by atoms with Crippen LogP contribution in [0.15, 0.2) is 21.7 Å². The predicted molar refractivity (Wildman–Crippen MR) is 86.0 cm³/mol. The van der Waals surface area contributed by atoms with Gasteiger partial charge in [-0.1, -0.05) is 24.9 Å². The smallest absolute Gasteiger partial charge is 0.287 e. The zero-order chi connectivity index (χ0) is 17.0. The molecule has 0 aromatic carbocycles. The molecular formula is C17H22N2O4. The van der Waals surface area contributed by atoms with E-state index in [0.29, 0.717) is 18.2 Å². The van der Waals surface area contributed by atoms with E-state index in [9.17, 15) is 9.90 Å². The van der Waals surface area contributed by atoms with Crippen LogP contribution in [-0.2, 0) is 4.84 Å². The number of oxime groups is 1. The minimum Gasteiger partial charge on any atom is -0.443 e. The van der Waals surface area contributed by atoms with Crippen LogP contribution in [0.3, 0.4) is 0 Å². The highest BCUT2D eigenvalue weighted by molar-refractivity contribution is 5.91. The van der Waals surface area contributed by atoms with E-state index >= 15 is 0 Å². The lowest BCUT2D eigenvalue weighted by atomic mass is 10.0. The van der Waals surface area contributed by atoms with E-state index in [1.807, 2.05) is 0 Å². The van der Waals surface area contributed by atoms with Gasteiger partial charge in [0.05, 0.1) is 12.3 Å². The maximum absolute atomic E-state index is 12.0. The first-order valence-corrected chi connectivity index (χ1v) is 7.61. The van der Waals surface area contributed by atoms with Crippen molar-refractivity contribution >= 4 is 11.6 Å². The summed E-state index contributed by atoms with van der Waals surface area (Å²) in [4.78, 5) is 17.3. The highest BCUT2D eigenvalue weighted by Crippen LogP contribution is 2.15. The number of carbonyl (C=O) groups excluding carboxylic acids is 1. The van der Waals surface area contributed by atoms with Crippen LogP contribution in [0.25, 0.3) is 0 Å². The van der Waals surface area contributed by atoms with Crippen molar-refractivity contribution in [1.29, 1.82) is 0 Å². The van der Waals surface area contributed by atoms with E-state index in [-0.39, 0.29) is 17.8 Å². The lowest BCUT2D eigenvalue weighted by molar-refractivity contribution is 0.0739. The van der Waals surface area contributed by atoms with Crippen molar-refractivity contribution in [2.75, 3.05) is 6.54 Å². The van der Waals surface area contributed by atoms with Crippen LogP contribution in [0.1, 0.15) is 50.4 Å². The molecule has 1 atom stereocenters. The molecule has 1 aliphatic rings. The first-order chi connectivity index (χ1) is 10.7. The van der Waals surface area contributed by atoms with Gasteiger partial charge in [-0.15, -0.1) is 0 Å². The Morgan fingerprint density at radius 1 is 1.52 bits per heavy atom. The minimum absolute atomic E-state index is 0.138. The zero-order valence-electron chi connectivity index (χ0n) is 13.8. The van der Waals surface area contributed by atoms with Gasteiger partial charge in [0.1, 0.15) is 11.7 Å². The molecule has 0 bridgehead atoms. The molecule has 0 saturated carbocycles. The van der Waals surface area contributed by atoms with Crippen molar-refractivity contribution in [3.8, 4) is 11.8 Å². The maximum Gasteiger partial charge on any atom is 0.287 e. The number of rotatable bonds is 4. The van der Waals surface area contributed by atoms with Crippen LogP contribution >= 0.6 is 0 Å². The Hall–Kier alpha value is -2.26. The van der Waals surface area contributed by atoms with Gasteiger partial charge in [0, 0.05) is 6.42 Å². The maximum atomic E-state index is 12.0. The van der Waals surface area contributed by atoms with Crippen LogP contribution in [-0.4, -0.2) is 35.0 Å². The fourth-order valence-electron chi connectivity index (χ4n) is 1.94. The summed E-state index contributed by atoms with van der Waals surface area (Å²) >= 11 is 0. The molecule has 124 valence electrons. The van der Waals surface area contributed by atoms with Crippen molar-refractivity contribution in [3.63, 3.8) is 0 Å². The monoisotopic (exact) mass is 318 g/mol. The Balaban J connectivity index is 1.85. The number of hydrogen-bond donors (Lipinski definition) is 2. The fourth-order valence-corrected chi connectivity index (χ4v) is 1.94. The van der Waals surface area contributed by atoms with Crippen molar-refractivity contribution in [2.24, 2.45) is 11.1 Å². The SMILES string of the molecule is CC(C)C1=NO[C@H](CNC(=O)c2ccc(C#CC(C)(C)O)o2)C1. The molecule has 1 amide bonds. The summed E-state index contributed by atoms with van der Waals surface area (Å²) in [6.45, 7) is 7.63. The Kier molecular flexibility index (Phi) is 5.12. The van der Waals surface area contributed by atoms with Gasteiger partial charge in [0.25, 0.3) is 5.91 Å². The molecule has 2 N–H and O–H groups in total. The zero-order valence-corrected chi connectivity index (χ0v) is 13.8. The quantitative estimate of drug-likeness (QED) is 0.831. The van der Waals surface area contributed by atoms with Gasteiger partial charge >= 0.3 is 0 Å². The molecule has 0 saturated heterocycles. The molecule has 0 radical (unpaired) electrons. The molecule has 2 rings (SSSR count). The standard InChI is InChI=1S/C17H22N2O4/c1-11(2)14-9-13(23-19-14)10-18-16(20)15-6-5-12(22-15)7-8-17(3,4)21/h5-6,11,13,21H,9-10H2,1-4H3,(H,18,20)/t13-/m0/s1. The van der Waals surface area contributed by atoms with Gasteiger partial charge in [0.2, 0.25) is 0 Å². The van der Waals surface area contributed by atoms with E-state index in [1.54, 1.807) is 26.0 Å². The Morgan fingerprint density at radius 3 is 2.87 bits per heavy atom. The van der Waals surface area contributed by atoms with Gasteiger partial charge in [-0.3, -0.25) is 4.79 Å². The lowest BCUT2D eigenvalue weighted by Crippen LogP contribution is -2.32.